The number of hydrogen-bond donors (Lipinski definition) is 1. The molecular formula is C21H22F3N2O4S+. The number of ether oxygens (including phenoxy) is 2. The number of halogens is 3. The van der Waals surface area contributed by atoms with E-state index in [1.807, 2.05) is 0 Å². The molecule has 2 N–H and O–H groups in total. The van der Waals surface area contributed by atoms with Crippen LogP contribution in [0.4, 0.5) is 18.9 Å². The van der Waals surface area contributed by atoms with E-state index in [0.29, 0.717) is 11.3 Å². The maximum atomic E-state index is 13.1. The third-order valence-corrected chi connectivity index (χ3v) is 6.92. The summed E-state index contributed by atoms with van der Waals surface area (Å²) < 4.78 is 73.4. The second-order valence-corrected chi connectivity index (χ2v) is 9.15. The van der Waals surface area contributed by atoms with Crippen molar-refractivity contribution in [2.75, 3.05) is 18.8 Å². The lowest BCUT2D eigenvalue weighted by Crippen LogP contribution is -2.51. The highest BCUT2D eigenvalue weighted by atomic mass is 32.2. The summed E-state index contributed by atoms with van der Waals surface area (Å²) in [5.41, 5.74) is 6.76. The third-order valence-electron chi connectivity index (χ3n) is 4.74. The number of alkyl halides is 3. The van der Waals surface area contributed by atoms with Crippen LogP contribution in [0.25, 0.3) is 0 Å². The van der Waals surface area contributed by atoms with Gasteiger partial charge in [-0.25, -0.2) is 0 Å². The first kappa shape index (κ1) is 22.9. The van der Waals surface area contributed by atoms with Crippen molar-refractivity contribution in [3.8, 4) is 17.2 Å². The Bertz CT molecular complexity index is 1110. The van der Waals surface area contributed by atoms with Crippen molar-refractivity contribution in [3.63, 3.8) is 0 Å². The Balaban J connectivity index is 2.04. The minimum atomic E-state index is -4.88. The number of nitrogens with zero attached hydrogens (tertiary/aromatic N) is 1. The Morgan fingerprint density at radius 2 is 1.81 bits per heavy atom. The van der Waals surface area contributed by atoms with Crippen molar-refractivity contribution in [3.05, 3.63) is 72.5 Å². The number of quaternary nitrogens is 1. The largest absolute Gasteiger partial charge is 0.573 e. The molecule has 31 heavy (non-hydrogen) atoms. The van der Waals surface area contributed by atoms with Crippen molar-refractivity contribution >= 4 is 15.7 Å². The smallest absolute Gasteiger partial charge is 0.453 e. The number of rotatable bonds is 7. The molecular weight excluding hydrogens is 433 g/mol. The van der Waals surface area contributed by atoms with E-state index < -0.39 is 26.0 Å². The first-order chi connectivity index (χ1) is 14.6. The second-order valence-electron chi connectivity index (χ2n) is 6.75. The monoisotopic (exact) mass is 455 g/mol. The van der Waals surface area contributed by atoms with Crippen LogP contribution in [0.1, 0.15) is 6.92 Å². The van der Waals surface area contributed by atoms with Crippen LogP contribution in [-0.2, 0) is 10.0 Å². The van der Waals surface area contributed by atoms with Gasteiger partial charge in [-0.15, -0.1) is 13.2 Å². The van der Waals surface area contributed by atoms with Crippen LogP contribution in [0.2, 0.25) is 0 Å². The van der Waals surface area contributed by atoms with E-state index in [1.54, 1.807) is 37.4 Å². The van der Waals surface area contributed by atoms with E-state index in [2.05, 4.69) is 4.74 Å². The van der Waals surface area contributed by atoms with Crippen LogP contribution in [0.3, 0.4) is 0 Å². The zero-order valence-electron chi connectivity index (χ0n) is 16.7. The summed E-state index contributed by atoms with van der Waals surface area (Å²) in [5.74, 6) is -0.616. The maximum Gasteiger partial charge on any atom is 0.573 e. The molecule has 1 atom stereocenters. The van der Waals surface area contributed by atoms with Gasteiger partial charge in [0, 0.05) is 24.3 Å². The number of para-hydroxylation sites is 2. The normalized spacial score (nSPS) is 19.1. The van der Waals surface area contributed by atoms with Gasteiger partial charge in [0.25, 0.3) is 0 Å². The molecule has 0 aliphatic carbocycles. The van der Waals surface area contributed by atoms with Crippen LogP contribution in [-0.4, -0.2) is 33.6 Å². The van der Waals surface area contributed by atoms with Crippen LogP contribution >= 0.6 is 0 Å². The van der Waals surface area contributed by atoms with E-state index in [4.69, 9.17) is 10.5 Å². The van der Waals surface area contributed by atoms with E-state index in [0.717, 1.165) is 6.07 Å². The summed E-state index contributed by atoms with van der Waals surface area (Å²) in [5, 5.41) is 0. The van der Waals surface area contributed by atoms with Gasteiger partial charge in [-0.2, -0.15) is 12.3 Å². The summed E-state index contributed by atoms with van der Waals surface area (Å²) in [6, 6.07) is 11.6. The molecule has 10 heteroatoms. The molecule has 1 unspecified atom stereocenters. The molecule has 166 valence electrons. The van der Waals surface area contributed by atoms with Crippen LogP contribution in [0.5, 0.6) is 17.2 Å². The average molecular weight is 455 g/mol. The van der Waals surface area contributed by atoms with E-state index in [-0.39, 0.29) is 30.3 Å². The van der Waals surface area contributed by atoms with Gasteiger partial charge in [-0.1, -0.05) is 24.3 Å². The molecule has 0 amide bonds. The third kappa shape index (κ3) is 4.92. The highest BCUT2D eigenvalue weighted by Gasteiger charge is 2.42. The van der Waals surface area contributed by atoms with Crippen molar-refractivity contribution in [1.82, 2.24) is 3.89 Å². The van der Waals surface area contributed by atoms with Gasteiger partial charge in [-0.05, 0) is 31.2 Å². The SMILES string of the molecule is CCS(=O)(=O)[N+]1(c2cccc(Oc3ccccc3OC(F)(F)F)c2)C=C(CN)C=CC1. The Kier molecular flexibility index (Phi) is 6.44. The van der Waals surface area contributed by atoms with Crippen molar-refractivity contribution < 1.29 is 31.1 Å². The molecule has 6 nitrogen and oxygen atoms in total. The lowest BCUT2D eigenvalue weighted by molar-refractivity contribution is -0.275. The van der Waals surface area contributed by atoms with Crippen molar-refractivity contribution in [2.24, 2.45) is 5.73 Å². The predicted molar refractivity (Wildman–Crippen MR) is 112 cm³/mol. The zero-order chi connectivity index (χ0) is 22.7. The molecule has 0 aromatic heterocycles. The standard InChI is InChI=1S/C21H22F3N2O4S/c1-2-31(27,28)26(12-6-7-16(14-25)15-26)17-8-5-9-18(13-17)29-19-10-3-4-11-20(19)30-21(22,23)24/h3-11,13,15H,2,12,14,25H2,1H3/q+1. The Labute approximate surface area is 178 Å². The van der Waals surface area contributed by atoms with Crippen LogP contribution in [0, 0.1) is 0 Å². The first-order valence-corrected chi connectivity index (χ1v) is 11.0. The fourth-order valence-electron chi connectivity index (χ4n) is 3.26. The molecule has 0 fully saturated rings. The lowest BCUT2D eigenvalue weighted by Gasteiger charge is -2.34. The zero-order valence-corrected chi connectivity index (χ0v) is 17.5. The van der Waals surface area contributed by atoms with Crippen LogP contribution in [0.15, 0.2) is 72.5 Å². The topological polar surface area (TPSA) is 78.6 Å². The highest BCUT2D eigenvalue weighted by Crippen LogP contribution is 2.38. The Morgan fingerprint density at radius 1 is 1.10 bits per heavy atom. The first-order valence-electron chi connectivity index (χ1n) is 9.42. The minimum Gasteiger partial charge on any atom is -0.453 e. The quantitative estimate of drug-likeness (QED) is 0.625. The Hall–Kier alpha value is -2.82. The number of benzene rings is 2. The van der Waals surface area contributed by atoms with Gasteiger partial charge in [0.15, 0.2) is 17.2 Å². The molecule has 1 aliphatic heterocycles. The van der Waals surface area contributed by atoms with Crippen molar-refractivity contribution in [1.29, 1.82) is 0 Å². The predicted octanol–water partition coefficient (Wildman–Crippen LogP) is 4.45. The molecule has 1 aliphatic rings. The lowest BCUT2D eigenvalue weighted by atomic mass is 10.2. The fraction of sp³-hybridized carbons (Fsp3) is 0.238. The molecule has 2 aromatic rings. The fourth-order valence-corrected chi connectivity index (χ4v) is 4.77. The van der Waals surface area contributed by atoms with Crippen LogP contribution < -0.4 is 19.1 Å². The molecule has 3 rings (SSSR count). The van der Waals surface area contributed by atoms with Gasteiger partial charge < -0.3 is 15.2 Å². The van der Waals surface area contributed by atoms with Gasteiger partial charge in [0.05, 0.1) is 5.75 Å². The maximum absolute atomic E-state index is 13.1. The summed E-state index contributed by atoms with van der Waals surface area (Å²) >= 11 is 0. The van der Waals surface area contributed by atoms with E-state index >= 15 is 0 Å². The molecule has 0 saturated carbocycles. The molecule has 0 saturated heterocycles. The Morgan fingerprint density at radius 3 is 2.45 bits per heavy atom. The van der Waals surface area contributed by atoms with E-state index in [9.17, 15) is 21.6 Å². The molecule has 0 bridgehead atoms. The molecule has 0 radical (unpaired) electrons. The van der Waals surface area contributed by atoms with E-state index in [1.165, 1.54) is 30.3 Å². The van der Waals surface area contributed by atoms with Gasteiger partial charge in [0.2, 0.25) is 0 Å². The van der Waals surface area contributed by atoms with Gasteiger partial charge >= 0.3 is 16.4 Å². The number of nitrogens with two attached hydrogens (primary N) is 1. The summed E-state index contributed by atoms with van der Waals surface area (Å²) in [7, 11) is -3.68. The molecule has 2 aromatic carbocycles. The minimum absolute atomic E-state index is 0.122. The summed E-state index contributed by atoms with van der Waals surface area (Å²) in [4.78, 5) is 0. The summed E-state index contributed by atoms with van der Waals surface area (Å²) in [6.07, 6.45) is 0.204. The molecule has 1 heterocycles. The van der Waals surface area contributed by atoms with Gasteiger partial charge in [-0.3, -0.25) is 0 Å². The van der Waals surface area contributed by atoms with Crippen molar-refractivity contribution in [2.45, 2.75) is 13.3 Å². The number of hydrogen-bond acceptors (Lipinski definition) is 5. The average Bonchev–Trinajstić information content (AvgIpc) is 2.74. The second kappa shape index (κ2) is 8.74. The number of sulfonamides is 1. The van der Waals surface area contributed by atoms with Gasteiger partial charge in [0.1, 0.15) is 18.5 Å². The molecule has 0 spiro atoms. The highest BCUT2D eigenvalue weighted by molar-refractivity contribution is 7.91. The summed E-state index contributed by atoms with van der Waals surface area (Å²) in [6.45, 7) is 1.86.